The Bertz CT molecular complexity index is 550. The Hall–Kier alpha value is -1.40. The van der Waals surface area contributed by atoms with Crippen molar-refractivity contribution in [3.05, 3.63) is 11.4 Å². The first-order valence-electron chi connectivity index (χ1n) is 5.71. The van der Waals surface area contributed by atoms with Crippen LogP contribution >= 0.6 is 11.3 Å². The van der Waals surface area contributed by atoms with Gasteiger partial charge in [0, 0.05) is 5.54 Å². The second-order valence-corrected chi connectivity index (χ2v) is 5.92. The molecule has 0 unspecified atom stereocenters. The molecular weight excluding hydrogens is 248 g/mol. The highest BCUT2D eigenvalue weighted by atomic mass is 32.1. The van der Waals surface area contributed by atoms with Gasteiger partial charge in [-0.2, -0.15) is 4.98 Å². The quantitative estimate of drug-likeness (QED) is 0.917. The molecule has 2 heterocycles. The van der Waals surface area contributed by atoms with Crippen molar-refractivity contribution in [3.8, 4) is 5.88 Å². The van der Waals surface area contributed by atoms with Crippen molar-refractivity contribution < 1.29 is 4.74 Å². The number of anilines is 1. The zero-order chi connectivity index (χ0) is 13.3. The van der Waals surface area contributed by atoms with E-state index >= 15 is 0 Å². The SMILES string of the molecule is CN(C)C(C)(C)COc1nc(N)nc2sccc12. The number of aromatic nitrogens is 2. The van der Waals surface area contributed by atoms with Crippen molar-refractivity contribution in [2.75, 3.05) is 26.4 Å². The summed E-state index contributed by atoms with van der Waals surface area (Å²) in [5, 5.41) is 2.88. The maximum atomic E-state index is 5.82. The number of nitrogen functional groups attached to an aromatic ring is 1. The maximum Gasteiger partial charge on any atom is 0.227 e. The van der Waals surface area contributed by atoms with Crippen LogP contribution in [0.1, 0.15) is 13.8 Å². The number of ether oxygens (including phenoxy) is 1. The number of fused-ring (bicyclic) bond motifs is 1. The van der Waals surface area contributed by atoms with Gasteiger partial charge >= 0.3 is 0 Å². The molecule has 6 heteroatoms. The Morgan fingerprint density at radius 2 is 2.11 bits per heavy atom. The summed E-state index contributed by atoms with van der Waals surface area (Å²) in [6.45, 7) is 4.77. The predicted molar refractivity (Wildman–Crippen MR) is 75.1 cm³/mol. The van der Waals surface area contributed by atoms with Crippen LogP contribution < -0.4 is 10.5 Å². The van der Waals surface area contributed by atoms with Gasteiger partial charge < -0.3 is 15.4 Å². The molecule has 2 N–H and O–H groups in total. The van der Waals surface area contributed by atoms with Crippen LogP contribution in [0.15, 0.2) is 11.4 Å². The molecule has 98 valence electrons. The molecule has 0 aliphatic heterocycles. The van der Waals surface area contributed by atoms with Gasteiger partial charge in [0.2, 0.25) is 11.8 Å². The van der Waals surface area contributed by atoms with Gasteiger partial charge in [0.1, 0.15) is 11.4 Å². The van der Waals surface area contributed by atoms with Crippen LogP contribution in [-0.4, -0.2) is 41.1 Å². The Kier molecular flexibility index (Phi) is 3.41. The van der Waals surface area contributed by atoms with E-state index in [0.29, 0.717) is 12.5 Å². The fourth-order valence-corrected chi connectivity index (χ4v) is 2.09. The van der Waals surface area contributed by atoms with Crippen molar-refractivity contribution in [2.45, 2.75) is 19.4 Å². The molecule has 0 fully saturated rings. The summed E-state index contributed by atoms with van der Waals surface area (Å²) in [7, 11) is 4.05. The minimum atomic E-state index is -0.0674. The minimum Gasteiger partial charge on any atom is -0.475 e. The Labute approximate surface area is 111 Å². The summed E-state index contributed by atoms with van der Waals surface area (Å²) < 4.78 is 5.82. The minimum absolute atomic E-state index is 0.0674. The summed E-state index contributed by atoms with van der Waals surface area (Å²) >= 11 is 1.53. The fourth-order valence-electron chi connectivity index (χ4n) is 1.33. The van der Waals surface area contributed by atoms with Crippen LogP contribution in [0.25, 0.3) is 10.2 Å². The Morgan fingerprint density at radius 1 is 1.39 bits per heavy atom. The van der Waals surface area contributed by atoms with Gasteiger partial charge in [-0.15, -0.1) is 11.3 Å². The molecule has 0 saturated carbocycles. The normalized spacial score (nSPS) is 12.3. The molecule has 0 spiro atoms. The standard InChI is InChI=1S/C12H18N4OS/c1-12(2,16(3)4)7-17-9-8-5-6-18-10(8)15-11(13)14-9/h5-6H,7H2,1-4H3,(H2,13,14,15). The predicted octanol–water partition coefficient (Wildman–Crippen LogP) is 1.99. The molecule has 18 heavy (non-hydrogen) atoms. The maximum absolute atomic E-state index is 5.82. The summed E-state index contributed by atoms with van der Waals surface area (Å²) in [5.74, 6) is 0.816. The molecule has 2 aromatic rings. The zero-order valence-corrected chi connectivity index (χ0v) is 11.9. The van der Waals surface area contributed by atoms with Gasteiger partial charge in [-0.05, 0) is 39.4 Å². The summed E-state index contributed by atoms with van der Waals surface area (Å²) in [4.78, 5) is 11.3. The van der Waals surface area contributed by atoms with Crippen molar-refractivity contribution in [3.63, 3.8) is 0 Å². The lowest BCUT2D eigenvalue weighted by Gasteiger charge is -2.31. The molecule has 0 atom stereocenters. The third-order valence-corrected chi connectivity index (χ3v) is 3.89. The molecule has 0 saturated heterocycles. The van der Waals surface area contributed by atoms with Gasteiger partial charge in [0.15, 0.2) is 0 Å². The highest BCUT2D eigenvalue weighted by Gasteiger charge is 2.22. The van der Waals surface area contributed by atoms with Crippen LogP contribution in [0.5, 0.6) is 5.88 Å². The summed E-state index contributed by atoms with van der Waals surface area (Å²) in [6.07, 6.45) is 0. The van der Waals surface area contributed by atoms with Crippen LogP contribution in [0.4, 0.5) is 5.95 Å². The largest absolute Gasteiger partial charge is 0.475 e. The third kappa shape index (κ3) is 2.54. The molecule has 0 amide bonds. The molecule has 2 rings (SSSR count). The van der Waals surface area contributed by atoms with E-state index in [1.54, 1.807) is 0 Å². The molecule has 0 radical (unpaired) electrons. The number of likely N-dealkylation sites (N-methyl/N-ethyl adjacent to an activating group) is 1. The molecule has 0 aliphatic rings. The Morgan fingerprint density at radius 3 is 2.78 bits per heavy atom. The highest BCUT2D eigenvalue weighted by molar-refractivity contribution is 7.16. The molecule has 0 aromatic carbocycles. The monoisotopic (exact) mass is 266 g/mol. The summed E-state index contributed by atoms with van der Waals surface area (Å²) in [5.41, 5.74) is 5.61. The lowest BCUT2D eigenvalue weighted by molar-refractivity contribution is 0.112. The molecule has 2 aromatic heterocycles. The van der Waals surface area contributed by atoms with Gasteiger partial charge in [0.25, 0.3) is 0 Å². The van der Waals surface area contributed by atoms with E-state index in [-0.39, 0.29) is 11.5 Å². The average molecular weight is 266 g/mol. The number of rotatable bonds is 4. The van der Waals surface area contributed by atoms with Gasteiger partial charge in [-0.1, -0.05) is 0 Å². The van der Waals surface area contributed by atoms with E-state index < -0.39 is 0 Å². The van der Waals surface area contributed by atoms with Crippen LogP contribution in [-0.2, 0) is 0 Å². The zero-order valence-electron chi connectivity index (χ0n) is 11.1. The van der Waals surface area contributed by atoms with E-state index in [0.717, 1.165) is 10.2 Å². The topological polar surface area (TPSA) is 64.3 Å². The second kappa shape index (κ2) is 4.70. The number of hydrogen-bond donors (Lipinski definition) is 1. The first-order valence-corrected chi connectivity index (χ1v) is 6.59. The van der Waals surface area contributed by atoms with Crippen LogP contribution in [0.2, 0.25) is 0 Å². The molecule has 0 aliphatic carbocycles. The molecule has 0 bridgehead atoms. The summed E-state index contributed by atoms with van der Waals surface area (Å²) in [6, 6.07) is 1.96. The van der Waals surface area contributed by atoms with E-state index in [2.05, 4.69) is 28.7 Å². The Balaban J connectivity index is 2.24. The van der Waals surface area contributed by atoms with E-state index in [1.807, 2.05) is 25.5 Å². The number of thiophene rings is 1. The highest BCUT2D eigenvalue weighted by Crippen LogP contribution is 2.28. The lowest BCUT2D eigenvalue weighted by atomic mass is 10.1. The molecule has 5 nitrogen and oxygen atoms in total. The lowest BCUT2D eigenvalue weighted by Crippen LogP contribution is -2.43. The van der Waals surface area contributed by atoms with Crippen LogP contribution in [0.3, 0.4) is 0 Å². The van der Waals surface area contributed by atoms with E-state index in [4.69, 9.17) is 10.5 Å². The van der Waals surface area contributed by atoms with Crippen molar-refractivity contribution >= 4 is 27.5 Å². The van der Waals surface area contributed by atoms with E-state index in [9.17, 15) is 0 Å². The second-order valence-electron chi connectivity index (χ2n) is 5.02. The first-order chi connectivity index (χ1) is 8.40. The van der Waals surface area contributed by atoms with Gasteiger partial charge in [-0.25, -0.2) is 4.98 Å². The van der Waals surface area contributed by atoms with Crippen molar-refractivity contribution in [2.24, 2.45) is 0 Å². The first kappa shape index (κ1) is 13.0. The van der Waals surface area contributed by atoms with Crippen molar-refractivity contribution in [1.29, 1.82) is 0 Å². The molecular formula is C12H18N4OS. The van der Waals surface area contributed by atoms with Gasteiger partial charge in [0.05, 0.1) is 5.39 Å². The van der Waals surface area contributed by atoms with Crippen LogP contribution in [0, 0.1) is 0 Å². The average Bonchev–Trinajstić information content (AvgIpc) is 2.73. The third-order valence-electron chi connectivity index (χ3n) is 3.08. The van der Waals surface area contributed by atoms with Crippen molar-refractivity contribution in [1.82, 2.24) is 14.9 Å². The fraction of sp³-hybridized carbons (Fsp3) is 0.500. The van der Waals surface area contributed by atoms with Gasteiger partial charge in [-0.3, -0.25) is 0 Å². The smallest absolute Gasteiger partial charge is 0.227 e. The number of nitrogens with two attached hydrogens (primary N) is 1. The van der Waals surface area contributed by atoms with E-state index in [1.165, 1.54) is 11.3 Å². The number of hydrogen-bond acceptors (Lipinski definition) is 6. The number of nitrogens with zero attached hydrogens (tertiary/aromatic N) is 3.